The summed E-state index contributed by atoms with van der Waals surface area (Å²) in [6.45, 7) is 12.3. The predicted octanol–water partition coefficient (Wildman–Crippen LogP) is 3.94. The van der Waals surface area contributed by atoms with E-state index in [-0.39, 0.29) is 23.8 Å². The molecule has 0 unspecified atom stereocenters. The zero-order chi connectivity index (χ0) is 25.9. The van der Waals surface area contributed by atoms with Gasteiger partial charge in [-0.15, -0.1) is 0 Å². The molecule has 1 aromatic heterocycles. The van der Waals surface area contributed by atoms with Crippen LogP contribution in [-0.2, 0) is 28.6 Å². The average molecular weight is 492 g/mol. The number of ether oxygens (including phenoxy) is 1. The molecule has 0 radical (unpaired) electrons. The highest BCUT2D eigenvalue weighted by molar-refractivity contribution is 5.94. The lowest BCUT2D eigenvalue weighted by Gasteiger charge is -2.34. The fourth-order valence-electron chi connectivity index (χ4n) is 4.44. The van der Waals surface area contributed by atoms with E-state index in [1.807, 2.05) is 61.3 Å². The Kier molecular flexibility index (Phi) is 7.64. The monoisotopic (exact) mass is 491 g/mol. The highest BCUT2D eigenvalue weighted by Crippen LogP contribution is 2.24. The van der Waals surface area contributed by atoms with Crippen molar-refractivity contribution in [3.8, 4) is 5.75 Å². The van der Waals surface area contributed by atoms with Crippen LogP contribution in [0.25, 0.3) is 11.0 Å². The minimum atomic E-state index is -0.218. The minimum Gasteiger partial charge on any atom is -0.484 e. The molecule has 0 aliphatic carbocycles. The van der Waals surface area contributed by atoms with Crippen LogP contribution in [-0.4, -0.2) is 64.0 Å². The molecule has 0 bridgehead atoms. The number of aryl methyl sites for hydroxylation is 1. The number of amides is 2. The summed E-state index contributed by atoms with van der Waals surface area (Å²) in [5.41, 5.74) is 3.83. The molecule has 1 aliphatic heterocycles. The number of carbonyl (C=O) groups is 2. The summed E-state index contributed by atoms with van der Waals surface area (Å²) in [7, 11) is 2.01. The van der Waals surface area contributed by atoms with E-state index in [2.05, 4.69) is 35.6 Å². The van der Waals surface area contributed by atoms with E-state index in [0.717, 1.165) is 49.6 Å². The smallest absolute Gasteiger partial charge is 0.262 e. The number of fused-ring (bicyclic) bond motifs is 1. The molecule has 0 saturated carbocycles. The lowest BCUT2D eigenvalue weighted by atomic mass is 9.87. The molecule has 2 aromatic carbocycles. The molecule has 36 heavy (non-hydrogen) atoms. The molecule has 1 aliphatic rings. The number of nitrogens with one attached hydrogen (secondary N) is 1. The van der Waals surface area contributed by atoms with Crippen molar-refractivity contribution in [3.05, 3.63) is 53.9 Å². The third kappa shape index (κ3) is 6.05. The van der Waals surface area contributed by atoms with Gasteiger partial charge in [0.05, 0.1) is 17.6 Å². The Morgan fingerprint density at radius 1 is 1.03 bits per heavy atom. The highest BCUT2D eigenvalue weighted by Gasteiger charge is 2.21. The van der Waals surface area contributed by atoms with Crippen molar-refractivity contribution in [1.82, 2.24) is 19.4 Å². The van der Waals surface area contributed by atoms with Gasteiger partial charge >= 0.3 is 0 Å². The summed E-state index contributed by atoms with van der Waals surface area (Å²) >= 11 is 0. The number of carbonyl (C=O) groups excluding carboxylic acids is 2. The standard InChI is InChI=1S/C28H37N5O3/c1-6-27(35)33-15-13-32(14-16-33)18-25-30-23-17-21(9-12-24(23)31(25)5)29-26(34)19-36-22-10-7-20(8-11-22)28(2,3)4/h7-12,17H,6,13-16,18-19H2,1-5H3,(H,29,34). The molecule has 0 spiro atoms. The van der Waals surface area contributed by atoms with Crippen LogP contribution in [0.4, 0.5) is 5.69 Å². The molecule has 0 atom stereocenters. The molecular weight excluding hydrogens is 454 g/mol. The number of hydrogen-bond acceptors (Lipinski definition) is 5. The third-order valence-electron chi connectivity index (χ3n) is 6.74. The molecule has 3 aromatic rings. The van der Waals surface area contributed by atoms with Crippen molar-refractivity contribution in [2.24, 2.45) is 7.05 Å². The third-order valence-corrected chi connectivity index (χ3v) is 6.74. The van der Waals surface area contributed by atoms with Gasteiger partial charge in [0.25, 0.3) is 5.91 Å². The van der Waals surface area contributed by atoms with Crippen LogP contribution in [0.2, 0.25) is 0 Å². The Morgan fingerprint density at radius 2 is 1.72 bits per heavy atom. The first-order valence-electron chi connectivity index (χ1n) is 12.6. The molecule has 2 heterocycles. The van der Waals surface area contributed by atoms with Crippen molar-refractivity contribution in [2.45, 2.75) is 46.1 Å². The Labute approximate surface area is 213 Å². The minimum absolute atomic E-state index is 0.0626. The van der Waals surface area contributed by atoms with E-state index in [1.165, 1.54) is 5.56 Å². The summed E-state index contributed by atoms with van der Waals surface area (Å²) in [4.78, 5) is 33.5. The van der Waals surface area contributed by atoms with E-state index in [9.17, 15) is 9.59 Å². The molecule has 8 heteroatoms. The first kappa shape index (κ1) is 25.7. The maximum absolute atomic E-state index is 12.5. The summed E-state index contributed by atoms with van der Waals surface area (Å²) in [5.74, 6) is 1.63. The number of rotatable bonds is 7. The lowest BCUT2D eigenvalue weighted by Crippen LogP contribution is -2.48. The summed E-state index contributed by atoms with van der Waals surface area (Å²) in [6, 6.07) is 13.6. The van der Waals surface area contributed by atoms with Crippen molar-refractivity contribution < 1.29 is 14.3 Å². The van der Waals surface area contributed by atoms with Gasteiger partial charge in [-0.1, -0.05) is 39.8 Å². The van der Waals surface area contributed by atoms with E-state index in [1.54, 1.807) is 0 Å². The van der Waals surface area contributed by atoms with Crippen molar-refractivity contribution >= 4 is 28.5 Å². The molecule has 1 fully saturated rings. The first-order valence-corrected chi connectivity index (χ1v) is 12.6. The Bertz CT molecular complexity index is 1220. The fraction of sp³-hybridized carbons (Fsp3) is 0.464. The second-order valence-electron chi connectivity index (χ2n) is 10.4. The number of imidazole rings is 1. The average Bonchev–Trinajstić information content (AvgIpc) is 3.16. The molecule has 1 saturated heterocycles. The number of benzene rings is 2. The van der Waals surface area contributed by atoms with Crippen LogP contribution in [0.5, 0.6) is 5.75 Å². The van der Waals surface area contributed by atoms with Gasteiger partial charge < -0.3 is 19.5 Å². The number of hydrogen-bond donors (Lipinski definition) is 1. The van der Waals surface area contributed by atoms with Crippen LogP contribution >= 0.6 is 0 Å². The van der Waals surface area contributed by atoms with Gasteiger partial charge in [0.15, 0.2) is 6.61 Å². The molecule has 1 N–H and O–H groups in total. The fourth-order valence-corrected chi connectivity index (χ4v) is 4.44. The van der Waals surface area contributed by atoms with E-state index in [0.29, 0.717) is 17.9 Å². The Morgan fingerprint density at radius 3 is 2.36 bits per heavy atom. The van der Waals surface area contributed by atoms with Crippen LogP contribution in [0.1, 0.15) is 45.5 Å². The second kappa shape index (κ2) is 10.7. The van der Waals surface area contributed by atoms with Gasteiger partial charge in [0.1, 0.15) is 11.6 Å². The largest absolute Gasteiger partial charge is 0.484 e. The molecular formula is C28H37N5O3. The normalized spacial score (nSPS) is 14.8. The number of aromatic nitrogens is 2. The van der Waals surface area contributed by atoms with Gasteiger partial charge in [0.2, 0.25) is 5.91 Å². The maximum Gasteiger partial charge on any atom is 0.262 e. The topological polar surface area (TPSA) is 79.7 Å². The van der Waals surface area contributed by atoms with Crippen molar-refractivity contribution in [2.75, 3.05) is 38.1 Å². The predicted molar refractivity (Wildman–Crippen MR) is 142 cm³/mol. The number of nitrogens with zero attached hydrogens (tertiary/aromatic N) is 4. The van der Waals surface area contributed by atoms with Crippen LogP contribution in [0, 0.1) is 0 Å². The first-order chi connectivity index (χ1) is 17.1. The molecule has 8 nitrogen and oxygen atoms in total. The van der Waals surface area contributed by atoms with Crippen LogP contribution < -0.4 is 10.1 Å². The summed E-state index contributed by atoms with van der Waals surface area (Å²) < 4.78 is 7.76. The Balaban J connectivity index is 1.33. The zero-order valence-electron chi connectivity index (χ0n) is 22.0. The van der Waals surface area contributed by atoms with E-state index in [4.69, 9.17) is 9.72 Å². The molecule has 192 valence electrons. The summed E-state index contributed by atoms with van der Waals surface area (Å²) in [5, 5.41) is 2.91. The highest BCUT2D eigenvalue weighted by atomic mass is 16.5. The lowest BCUT2D eigenvalue weighted by molar-refractivity contribution is -0.132. The number of piperazine rings is 1. The maximum atomic E-state index is 12.5. The van der Waals surface area contributed by atoms with E-state index < -0.39 is 0 Å². The van der Waals surface area contributed by atoms with Gasteiger partial charge in [-0.2, -0.15) is 0 Å². The van der Waals surface area contributed by atoms with Gasteiger partial charge in [-0.3, -0.25) is 14.5 Å². The SMILES string of the molecule is CCC(=O)N1CCN(Cc2nc3cc(NC(=O)COc4ccc(C(C)(C)C)cc4)ccc3n2C)CC1. The van der Waals surface area contributed by atoms with Gasteiger partial charge in [0, 0.05) is 45.3 Å². The zero-order valence-corrected chi connectivity index (χ0v) is 22.0. The Hall–Kier alpha value is -3.39. The van der Waals surface area contributed by atoms with Crippen LogP contribution in [0.15, 0.2) is 42.5 Å². The van der Waals surface area contributed by atoms with E-state index >= 15 is 0 Å². The number of anilines is 1. The molecule has 4 rings (SSSR count). The van der Waals surface area contributed by atoms with Gasteiger partial charge in [-0.25, -0.2) is 4.98 Å². The van der Waals surface area contributed by atoms with Gasteiger partial charge in [-0.05, 0) is 41.3 Å². The van der Waals surface area contributed by atoms with Crippen LogP contribution in [0.3, 0.4) is 0 Å². The molecule has 2 amide bonds. The second-order valence-corrected chi connectivity index (χ2v) is 10.4. The van der Waals surface area contributed by atoms with Crippen molar-refractivity contribution in [3.63, 3.8) is 0 Å². The van der Waals surface area contributed by atoms with Crippen molar-refractivity contribution in [1.29, 1.82) is 0 Å². The summed E-state index contributed by atoms with van der Waals surface area (Å²) in [6.07, 6.45) is 0.556. The quantitative estimate of drug-likeness (QED) is 0.542.